The Morgan fingerprint density at radius 1 is 0.288 bits per heavy atom. The van der Waals surface area contributed by atoms with Gasteiger partial charge in [0, 0.05) is 31.8 Å². The van der Waals surface area contributed by atoms with Crippen molar-refractivity contribution < 1.29 is 28.1 Å². The van der Waals surface area contributed by atoms with Crippen LogP contribution in [-0.4, -0.2) is 26.4 Å². The summed E-state index contributed by atoms with van der Waals surface area (Å²) in [4.78, 5) is 0. The highest BCUT2D eigenvalue weighted by atomic mass is 31.2. The summed E-state index contributed by atoms with van der Waals surface area (Å²) in [6.45, 7) is 2.13. The van der Waals surface area contributed by atoms with Crippen molar-refractivity contribution in [2.45, 2.75) is 25.7 Å². The molecule has 52 heavy (non-hydrogen) atoms. The summed E-state index contributed by atoms with van der Waals surface area (Å²) < 4.78 is 54.1. The molecule has 0 saturated carbocycles. The molecule has 264 valence electrons. The predicted molar refractivity (Wildman–Crippen MR) is 212 cm³/mol. The molecule has 6 aromatic carbocycles. The first-order chi connectivity index (χ1) is 25.5. The topological polar surface area (TPSA) is 71.1 Å². The Labute approximate surface area is 306 Å². The van der Waals surface area contributed by atoms with Crippen molar-refractivity contribution in [2.75, 3.05) is 26.4 Å². The smallest absolute Gasteiger partial charge is 0.171 e. The molecule has 0 N–H and O–H groups in total. The zero-order chi connectivity index (χ0) is 35.6. The fourth-order valence-electron chi connectivity index (χ4n) is 6.35. The van der Waals surface area contributed by atoms with Gasteiger partial charge in [-0.05, 0) is 123 Å². The molecule has 0 fully saturated rings. The van der Waals surface area contributed by atoms with Crippen LogP contribution < -0.4 is 50.8 Å². The molecule has 6 nitrogen and oxygen atoms in total. The molecule has 7 heterocycles. The van der Waals surface area contributed by atoms with Crippen LogP contribution in [0.5, 0.6) is 23.0 Å². The van der Waals surface area contributed by atoms with Crippen LogP contribution in [0.4, 0.5) is 0 Å². The van der Waals surface area contributed by atoms with Gasteiger partial charge in [-0.3, -0.25) is 0 Å². The van der Waals surface area contributed by atoms with Gasteiger partial charge >= 0.3 is 0 Å². The van der Waals surface area contributed by atoms with E-state index in [2.05, 4.69) is 0 Å². The van der Waals surface area contributed by atoms with E-state index < -0.39 is 14.3 Å². The fraction of sp³-hybridized carbons (Fsp3) is 0.182. The Morgan fingerprint density at radius 2 is 0.500 bits per heavy atom. The zero-order valence-electron chi connectivity index (χ0n) is 29.0. The lowest BCUT2D eigenvalue weighted by atomic mass is 10.3. The Balaban J connectivity index is 1.11. The van der Waals surface area contributed by atoms with Gasteiger partial charge in [-0.25, -0.2) is 0 Å². The van der Waals surface area contributed by atoms with Crippen LogP contribution >= 0.6 is 14.3 Å². The minimum atomic E-state index is -3.14. The second-order valence-corrected chi connectivity index (χ2v) is 18.2. The van der Waals surface area contributed by atoms with E-state index in [0.29, 0.717) is 26.4 Å². The molecule has 7 aliphatic rings. The Bertz CT molecular complexity index is 1850. The molecular weight excluding hydrogens is 686 g/mol. The van der Waals surface area contributed by atoms with Crippen LogP contribution in [0.2, 0.25) is 0 Å². The Hall–Kier alpha value is -5.02. The molecular formula is C44H42O6P2. The minimum absolute atomic E-state index is 0.531. The lowest BCUT2D eigenvalue weighted by molar-refractivity contribution is 0.266. The standard InChI is InChI=1S/C44H42O6P2/c45-51(39-11-3-1-4-12-39)41-23-15-35(16-24-41)47-31-7-9-33-49-37-19-27-43(28-20-37)52(46,40-13-5-2-6-14-40)44-29-21-38(22-30-44)50-34-10-8-32-48-36-17-25-42(51)26-18-36/h1-6,11-30H,7-10,31-34H2. The van der Waals surface area contributed by atoms with Gasteiger partial charge in [0.25, 0.3) is 0 Å². The lowest BCUT2D eigenvalue weighted by Gasteiger charge is -2.21. The number of benzene rings is 6. The maximum atomic E-state index is 14.9. The second-order valence-electron chi connectivity index (χ2n) is 12.7. The molecule has 8 bridgehead atoms. The van der Waals surface area contributed by atoms with E-state index in [4.69, 9.17) is 18.9 Å². The van der Waals surface area contributed by atoms with E-state index in [0.717, 1.165) is 80.5 Å². The summed E-state index contributed by atoms with van der Waals surface area (Å²) >= 11 is 0. The van der Waals surface area contributed by atoms with Gasteiger partial charge in [-0.1, -0.05) is 60.7 Å². The van der Waals surface area contributed by atoms with Crippen LogP contribution in [0.3, 0.4) is 0 Å². The first-order valence-corrected chi connectivity index (χ1v) is 21.2. The summed E-state index contributed by atoms with van der Waals surface area (Å²) in [5.41, 5.74) is 0. The van der Waals surface area contributed by atoms with Crippen molar-refractivity contribution in [1.29, 1.82) is 0 Å². The third-order valence-electron chi connectivity index (χ3n) is 9.19. The number of ether oxygens (including phenoxy) is 4. The van der Waals surface area contributed by atoms with E-state index in [1.54, 1.807) is 0 Å². The van der Waals surface area contributed by atoms with Crippen LogP contribution in [0.15, 0.2) is 158 Å². The third kappa shape index (κ3) is 7.89. The van der Waals surface area contributed by atoms with Gasteiger partial charge in [0.15, 0.2) is 14.3 Å². The van der Waals surface area contributed by atoms with Gasteiger partial charge in [0.05, 0.1) is 26.4 Å². The van der Waals surface area contributed by atoms with Crippen LogP contribution in [0, 0.1) is 0 Å². The first kappa shape index (κ1) is 35.4. The van der Waals surface area contributed by atoms with Gasteiger partial charge < -0.3 is 28.1 Å². The van der Waals surface area contributed by atoms with Crippen molar-refractivity contribution in [2.24, 2.45) is 0 Å². The van der Waals surface area contributed by atoms with Gasteiger partial charge in [-0.15, -0.1) is 0 Å². The molecule has 0 aliphatic carbocycles. The van der Waals surface area contributed by atoms with Crippen molar-refractivity contribution in [3.05, 3.63) is 158 Å². The van der Waals surface area contributed by atoms with E-state index >= 15 is 0 Å². The SMILES string of the molecule is O=P1(c2ccccc2)c2ccc(cc2)OCCCCOc2ccc(cc2)P(=O)(c2ccccc2)c2ccc(cc2)OCCCCOc2ccc1cc2. The largest absolute Gasteiger partial charge is 0.494 e. The number of rotatable bonds is 2. The molecule has 0 aromatic heterocycles. The van der Waals surface area contributed by atoms with Gasteiger partial charge in [-0.2, -0.15) is 0 Å². The van der Waals surface area contributed by atoms with Crippen LogP contribution in [-0.2, 0) is 9.13 Å². The lowest BCUT2D eigenvalue weighted by Crippen LogP contribution is -2.25. The number of hydrogen-bond acceptors (Lipinski definition) is 6. The molecule has 0 saturated heterocycles. The highest BCUT2D eigenvalue weighted by molar-refractivity contribution is 7.85. The van der Waals surface area contributed by atoms with E-state index in [1.165, 1.54) is 0 Å². The summed E-state index contributed by atoms with van der Waals surface area (Å²) in [5.74, 6) is 2.91. The summed E-state index contributed by atoms with van der Waals surface area (Å²) in [5, 5.41) is 4.53. The Morgan fingerprint density at radius 3 is 0.731 bits per heavy atom. The molecule has 8 heteroatoms. The van der Waals surface area contributed by atoms with Crippen molar-refractivity contribution in [3.63, 3.8) is 0 Å². The highest BCUT2D eigenvalue weighted by Crippen LogP contribution is 2.44. The maximum absolute atomic E-state index is 14.9. The predicted octanol–water partition coefficient (Wildman–Crippen LogP) is 7.75. The maximum Gasteiger partial charge on any atom is 0.171 e. The van der Waals surface area contributed by atoms with Crippen LogP contribution in [0.25, 0.3) is 0 Å². The molecule has 7 aliphatic heterocycles. The van der Waals surface area contributed by atoms with Crippen LogP contribution in [0.1, 0.15) is 25.7 Å². The van der Waals surface area contributed by atoms with E-state index in [-0.39, 0.29) is 0 Å². The summed E-state index contributed by atoms with van der Waals surface area (Å²) in [7, 11) is -6.28. The van der Waals surface area contributed by atoms with Crippen molar-refractivity contribution in [1.82, 2.24) is 0 Å². The average Bonchev–Trinajstić information content (AvgIpc) is 3.21. The fourth-order valence-corrected chi connectivity index (χ4v) is 11.6. The molecule has 0 unspecified atom stereocenters. The molecule has 13 rings (SSSR count). The molecule has 6 aromatic rings. The normalized spacial score (nSPS) is 19.8. The van der Waals surface area contributed by atoms with Crippen molar-refractivity contribution >= 4 is 46.1 Å². The minimum Gasteiger partial charge on any atom is -0.494 e. The summed E-state index contributed by atoms with van der Waals surface area (Å²) in [6.07, 6.45) is 3.22. The Kier molecular flexibility index (Phi) is 11.3. The van der Waals surface area contributed by atoms with Gasteiger partial charge in [0.2, 0.25) is 0 Å². The molecule has 0 atom stereocenters. The molecule has 0 amide bonds. The molecule has 0 spiro atoms. The number of hydrogen-bond donors (Lipinski definition) is 0. The second kappa shape index (κ2) is 16.5. The van der Waals surface area contributed by atoms with Crippen molar-refractivity contribution in [3.8, 4) is 23.0 Å². The third-order valence-corrected chi connectivity index (χ3v) is 15.3. The first-order valence-electron chi connectivity index (χ1n) is 17.8. The highest BCUT2D eigenvalue weighted by Gasteiger charge is 2.31. The zero-order valence-corrected chi connectivity index (χ0v) is 30.8. The quantitative estimate of drug-likeness (QED) is 0.170. The molecule has 0 radical (unpaired) electrons. The monoisotopic (exact) mass is 728 g/mol. The summed E-state index contributed by atoms with van der Waals surface area (Å²) in [6, 6.07) is 49.7. The van der Waals surface area contributed by atoms with Gasteiger partial charge in [0.1, 0.15) is 23.0 Å². The van der Waals surface area contributed by atoms with E-state index in [1.807, 2.05) is 158 Å². The van der Waals surface area contributed by atoms with E-state index in [9.17, 15) is 9.13 Å². The average molecular weight is 729 g/mol.